The van der Waals surface area contributed by atoms with Crippen LogP contribution in [-0.2, 0) is 23.0 Å². The number of anilines is 1. The van der Waals surface area contributed by atoms with Gasteiger partial charge in [-0.1, -0.05) is 11.3 Å². The number of benzene rings is 1. The minimum Gasteiger partial charge on any atom is -0.371 e. The summed E-state index contributed by atoms with van der Waals surface area (Å²) >= 11 is 1.06. The molecule has 0 spiro atoms. The Hall–Kier alpha value is -2.17. The fourth-order valence-electron chi connectivity index (χ4n) is 3.65. The molecule has 1 aromatic heterocycles. The second kappa shape index (κ2) is 6.53. The average Bonchev–Trinajstić information content (AvgIpc) is 3.07. The summed E-state index contributed by atoms with van der Waals surface area (Å²) in [6.07, 6.45) is 5.26. The highest BCUT2D eigenvalue weighted by Gasteiger charge is 2.32. The minimum atomic E-state index is -4.46. The molecule has 1 aromatic carbocycles. The van der Waals surface area contributed by atoms with Crippen molar-refractivity contribution in [2.45, 2.75) is 30.6 Å². The molecule has 4 rings (SSSR count). The van der Waals surface area contributed by atoms with Gasteiger partial charge >= 0.3 is 0 Å². The number of carbonyl (C=O) groups is 1. The maximum absolute atomic E-state index is 12.1. The molecule has 10 heteroatoms. The molecular weight excluding hydrogens is 376 g/mol. The third-order valence-electron chi connectivity index (χ3n) is 4.58. The SMILES string of the molecule is O=Cc1cnc(N=Nc2cc3c4c(c2S(=O)(=O)O)CCCN4CCC3)s1. The first-order chi connectivity index (χ1) is 12.5. The molecule has 3 heterocycles. The van der Waals surface area contributed by atoms with Crippen molar-refractivity contribution in [3.05, 3.63) is 28.3 Å². The van der Waals surface area contributed by atoms with E-state index in [2.05, 4.69) is 20.1 Å². The quantitative estimate of drug-likeness (QED) is 0.485. The van der Waals surface area contributed by atoms with E-state index in [4.69, 9.17) is 0 Å². The maximum atomic E-state index is 12.1. The minimum absolute atomic E-state index is 0.118. The van der Waals surface area contributed by atoms with Gasteiger partial charge in [-0.3, -0.25) is 9.35 Å². The van der Waals surface area contributed by atoms with Crippen molar-refractivity contribution >= 4 is 44.2 Å². The van der Waals surface area contributed by atoms with E-state index < -0.39 is 10.1 Å². The molecule has 1 N–H and O–H groups in total. The van der Waals surface area contributed by atoms with Crippen LogP contribution in [0.15, 0.2) is 27.4 Å². The molecule has 0 saturated carbocycles. The standard InChI is InChI=1S/C16H16N4O4S2/c21-9-11-8-17-16(25-11)19-18-13-7-10-3-1-5-20-6-2-4-12(14(10)20)15(13)26(22,23)24/h7-9H,1-6H2,(H,22,23,24). The fraction of sp³-hybridized carbons (Fsp3) is 0.375. The van der Waals surface area contributed by atoms with Gasteiger partial charge in [0.1, 0.15) is 10.6 Å². The van der Waals surface area contributed by atoms with Crippen LogP contribution in [0.3, 0.4) is 0 Å². The normalized spacial score (nSPS) is 16.7. The Morgan fingerprint density at radius 3 is 2.69 bits per heavy atom. The van der Waals surface area contributed by atoms with Gasteiger partial charge in [-0.2, -0.15) is 8.42 Å². The lowest BCUT2D eigenvalue weighted by atomic mass is 9.91. The van der Waals surface area contributed by atoms with Gasteiger partial charge in [-0.15, -0.1) is 10.2 Å². The highest BCUT2D eigenvalue weighted by molar-refractivity contribution is 7.86. The van der Waals surface area contributed by atoms with Gasteiger partial charge < -0.3 is 4.90 Å². The van der Waals surface area contributed by atoms with Gasteiger partial charge in [-0.05, 0) is 42.9 Å². The fourth-order valence-corrected chi connectivity index (χ4v) is 5.08. The largest absolute Gasteiger partial charge is 0.371 e. The van der Waals surface area contributed by atoms with E-state index in [0.29, 0.717) is 23.1 Å². The Balaban J connectivity index is 1.87. The van der Waals surface area contributed by atoms with Gasteiger partial charge in [0.2, 0.25) is 5.13 Å². The second-order valence-electron chi connectivity index (χ2n) is 6.24. The van der Waals surface area contributed by atoms with Gasteiger partial charge in [0.05, 0.1) is 11.1 Å². The van der Waals surface area contributed by atoms with Crippen LogP contribution in [0.5, 0.6) is 0 Å². The van der Waals surface area contributed by atoms with Crippen LogP contribution in [0, 0.1) is 0 Å². The van der Waals surface area contributed by atoms with Crippen LogP contribution in [0.1, 0.15) is 33.6 Å². The molecule has 26 heavy (non-hydrogen) atoms. The van der Waals surface area contributed by atoms with Crippen molar-refractivity contribution in [2.75, 3.05) is 18.0 Å². The number of aryl methyl sites for hydroxylation is 1. The molecule has 0 bridgehead atoms. The van der Waals surface area contributed by atoms with Crippen LogP contribution in [-0.4, -0.2) is 37.3 Å². The Morgan fingerprint density at radius 2 is 2.00 bits per heavy atom. The number of aromatic nitrogens is 1. The summed E-state index contributed by atoms with van der Waals surface area (Å²) < 4.78 is 34.0. The molecule has 0 aliphatic carbocycles. The first-order valence-electron chi connectivity index (χ1n) is 8.21. The number of aldehydes is 1. The van der Waals surface area contributed by atoms with Gasteiger partial charge in [-0.25, -0.2) is 4.98 Å². The van der Waals surface area contributed by atoms with Gasteiger partial charge in [0.25, 0.3) is 10.1 Å². The maximum Gasteiger partial charge on any atom is 0.297 e. The van der Waals surface area contributed by atoms with Crippen LogP contribution in [0.4, 0.5) is 16.5 Å². The first kappa shape index (κ1) is 17.3. The highest BCUT2D eigenvalue weighted by atomic mass is 32.2. The van der Waals surface area contributed by atoms with Crippen molar-refractivity contribution in [2.24, 2.45) is 10.2 Å². The zero-order valence-corrected chi connectivity index (χ0v) is 15.4. The lowest BCUT2D eigenvalue weighted by Crippen LogP contribution is -2.35. The molecule has 0 saturated heterocycles. The molecule has 136 valence electrons. The van der Waals surface area contributed by atoms with Crippen LogP contribution >= 0.6 is 11.3 Å². The third kappa shape index (κ3) is 3.04. The number of carbonyl (C=O) groups excluding carboxylic acids is 1. The molecule has 0 unspecified atom stereocenters. The first-order valence-corrected chi connectivity index (χ1v) is 10.5. The molecule has 0 atom stereocenters. The van der Waals surface area contributed by atoms with E-state index in [9.17, 15) is 17.8 Å². The van der Waals surface area contributed by atoms with Crippen molar-refractivity contribution in [1.29, 1.82) is 0 Å². The number of hydrogen-bond acceptors (Lipinski definition) is 8. The van der Waals surface area contributed by atoms with E-state index in [1.807, 2.05) is 0 Å². The summed E-state index contributed by atoms with van der Waals surface area (Å²) in [6.45, 7) is 1.78. The molecule has 0 radical (unpaired) electrons. The summed E-state index contributed by atoms with van der Waals surface area (Å²) in [4.78, 5) is 17.1. The summed E-state index contributed by atoms with van der Waals surface area (Å²) in [7, 11) is -4.46. The topological polar surface area (TPSA) is 112 Å². The van der Waals surface area contributed by atoms with Crippen LogP contribution in [0.2, 0.25) is 0 Å². The molecule has 0 amide bonds. The van der Waals surface area contributed by atoms with Crippen LogP contribution < -0.4 is 4.90 Å². The Labute approximate surface area is 154 Å². The van der Waals surface area contributed by atoms with E-state index >= 15 is 0 Å². The van der Waals surface area contributed by atoms with Gasteiger partial charge in [0.15, 0.2) is 6.29 Å². The predicted octanol–water partition coefficient (Wildman–Crippen LogP) is 3.32. The van der Waals surface area contributed by atoms with Crippen molar-refractivity contribution in [1.82, 2.24) is 4.98 Å². The van der Waals surface area contributed by atoms with E-state index in [1.165, 1.54) is 6.20 Å². The third-order valence-corrected chi connectivity index (χ3v) is 6.36. The predicted molar refractivity (Wildman–Crippen MR) is 96.8 cm³/mol. The van der Waals surface area contributed by atoms with Crippen molar-refractivity contribution in [3.63, 3.8) is 0 Å². The van der Waals surface area contributed by atoms with E-state index in [0.717, 1.165) is 54.9 Å². The summed E-state index contributed by atoms with van der Waals surface area (Å²) in [5.41, 5.74) is 2.69. The Morgan fingerprint density at radius 1 is 1.23 bits per heavy atom. The number of hydrogen-bond donors (Lipinski definition) is 1. The molecule has 0 fully saturated rings. The molecular formula is C16H16N4O4S2. The zero-order valence-electron chi connectivity index (χ0n) is 13.8. The van der Waals surface area contributed by atoms with Gasteiger partial charge in [0, 0.05) is 18.8 Å². The Bertz CT molecular complexity index is 1010. The lowest BCUT2D eigenvalue weighted by molar-refractivity contribution is 0.112. The second-order valence-corrected chi connectivity index (χ2v) is 8.64. The number of rotatable bonds is 4. The monoisotopic (exact) mass is 392 g/mol. The molecule has 8 nitrogen and oxygen atoms in total. The van der Waals surface area contributed by atoms with E-state index in [-0.39, 0.29) is 15.7 Å². The molecule has 2 aromatic rings. The average molecular weight is 392 g/mol. The molecule has 2 aliphatic rings. The summed E-state index contributed by atoms with van der Waals surface area (Å²) in [5, 5.41) is 8.27. The number of azo groups is 1. The lowest BCUT2D eigenvalue weighted by Gasteiger charge is -2.37. The zero-order chi connectivity index (χ0) is 18.3. The van der Waals surface area contributed by atoms with Crippen molar-refractivity contribution in [3.8, 4) is 0 Å². The Kier molecular flexibility index (Phi) is 4.33. The number of thiazole rings is 1. The van der Waals surface area contributed by atoms with E-state index in [1.54, 1.807) is 6.07 Å². The highest BCUT2D eigenvalue weighted by Crippen LogP contribution is 2.43. The number of nitrogens with zero attached hydrogens (tertiary/aromatic N) is 4. The smallest absolute Gasteiger partial charge is 0.297 e. The summed E-state index contributed by atoms with van der Waals surface area (Å²) in [5.74, 6) is 0. The molecule has 2 aliphatic heterocycles. The van der Waals surface area contributed by atoms with Crippen LogP contribution in [0.25, 0.3) is 0 Å². The summed E-state index contributed by atoms with van der Waals surface area (Å²) in [6, 6.07) is 1.69. The van der Waals surface area contributed by atoms with Crippen molar-refractivity contribution < 1.29 is 17.8 Å².